The van der Waals surface area contributed by atoms with E-state index in [0.717, 1.165) is 32.4 Å². The molecule has 3 heteroatoms. The molecule has 0 saturated carbocycles. The molecule has 0 aromatic heterocycles. The molecule has 1 aliphatic heterocycles. The summed E-state index contributed by atoms with van der Waals surface area (Å²) < 4.78 is 13.1. The van der Waals surface area contributed by atoms with Crippen molar-refractivity contribution in [1.29, 1.82) is 0 Å². The van der Waals surface area contributed by atoms with Crippen molar-refractivity contribution in [2.45, 2.75) is 212 Å². The van der Waals surface area contributed by atoms with Crippen LogP contribution in [0.5, 0.6) is 0 Å². The molecule has 1 saturated heterocycles. The van der Waals surface area contributed by atoms with Crippen LogP contribution in [0.3, 0.4) is 0 Å². The van der Waals surface area contributed by atoms with E-state index in [1.165, 1.54) is 167 Å². The van der Waals surface area contributed by atoms with E-state index >= 15 is 0 Å². The quantitative estimate of drug-likeness (QED) is 0.0540. The van der Waals surface area contributed by atoms with Crippen molar-refractivity contribution in [3.63, 3.8) is 0 Å². The van der Waals surface area contributed by atoms with E-state index in [0.29, 0.717) is 0 Å². The summed E-state index contributed by atoms with van der Waals surface area (Å²) in [6.45, 7) is 6.44. The average molecular weight is 618 g/mol. The molecule has 0 spiro atoms. The van der Waals surface area contributed by atoms with Crippen LogP contribution in [0.15, 0.2) is 24.3 Å². The maximum atomic E-state index is 6.67. The zero-order valence-corrected chi connectivity index (χ0v) is 30.6. The Balaban J connectivity index is 2.15. The average Bonchev–Trinajstić information content (AvgIpc) is 3.43. The van der Waals surface area contributed by atoms with Gasteiger partial charge in [0.1, 0.15) is 0 Å². The summed E-state index contributed by atoms with van der Waals surface area (Å²) in [5.74, 6) is -0.310. The SMILES string of the molecule is CCCCCCCCC=CCCCCCCCC1(CCCCCCCC=CCCCCCCCC)OCC(CCN(C)C)O1. The van der Waals surface area contributed by atoms with Crippen LogP contribution in [0, 0.1) is 0 Å². The first-order chi connectivity index (χ1) is 21.6. The standard InChI is InChI=1S/C41H79NO2/c1-5-7-9-11-13-15-17-19-21-23-25-27-29-31-33-36-41(43-39-40(44-41)35-38-42(3)4)37-34-32-30-28-26-24-22-20-18-16-14-12-10-8-6-2/h19-22,40H,5-18,23-39H2,1-4H3. The van der Waals surface area contributed by atoms with Gasteiger partial charge in [-0.1, -0.05) is 141 Å². The van der Waals surface area contributed by atoms with Crippen molar-refractivity contribution in [2.75, 3.05) is 27.2 Å². The molecule has 1 rings (SSSR count). The van der Waals surface area contributed by atoms with Gasteiger partial charge >= 0.3 is 0 Å². The van der Waals surface area contributed by atoms with Crippen LogP contribution in [0.1, 0.15) is 200 Å². The highest BCUT2D eigenvalue weighted by Gasteiger charge is 2.40. The minimum Gasteiger partial charge on any atom is -0.347 e. The summed E-state index contributed by atoms with van der Waals surface area (Å²) in [4.78, 5) is 2.26. The van der Waals surface area contributed by atoms with Crippen molar-refractivity contribution in [2.24, 2.45) is 0 Å². The Morgan fingerprint density at radius 3 is 1.27 bits per heavy atom. The number of rotatable bonds is 33. The predicted molar refractivity (Wildman–Crippen MR) is 196 cm³/mol. The Morgan fingerprint density at radius 2 is 0.886 bits per heavy atom. The highest BCUT2D eigenvalue weighted by atomic mass is 16.7. The molecular formula is C41H79NO2. The van der Waals surface area contributed by atoms with E-state index in [9.17, 15) is 0 Å². The van der Waals surface area contributed by atoms with Gasteiger partial charge in [0.15, 0.2) is 5.79 Å². The smallest absolute Gasteiger partial charge is 0.168 e. The molecule has 0 bridgehead atoms. The summed E-state index contributed by atoms with van der Waals surface area (Å²) >= 11 is 0. The topological polar surface area (TPSA) is 21.7 Å². The molecule has 0 radical (unpaired) electrons. The molecule has 0 amide bonds. The van der Waals surface area contributed by atoms with E-state index in [-0.39, 0.29) is 11.9 Å². The lowest BCUT2D eigenvalue weighted by atomic mass is 9.99. The lowest BCUT2D eigenvalue weighted by Gasteiger charge is -2.29. The van der Waals surface area contributed by atoms with E-state index in [1.54, 1.807) is 0 Å². The number of allylic oxidation sites excluding steroid dienone is 4. The summed E-state index contributed by atoms with van der Waals surface area (Å²) in [6, 6.07) is 0. The summed E-state index contributed by atoms with van der Waals surface area (Å²) in [6.07, 6.45) is 48.2. The third-order valence-corrected chi connectivity index (χ3v) is 9.45. The number of unbranched alkanes of at least 4 members (excludes halogenated alkanes) is 22. The Morgan fingerprint density at radius 1 is 0.523 bits per heavy atom. The molecule has 44 heavy (non-hydrogen) atoms. The Bertz CT molecular complexity index is 603. The van der Waals surface area contributed by atoms with Gasteiger partial charge in [-0.2, -0.15) is 0 Å². The zero-order chi connectivity index (χ0) is 31.8. The molecule has 1 atom stereocenters. The fourth-order valence-electron chi connectivity index (χ4n) is 6.48. The first-order valence-corrected chi connectivity index (χ1v) is 19.9. The third-order valence-electron chi connectivity index (χ3n) is 9.45. The maximum Gasteiger partial charge on any atom is 0.168 e. The van der Waals surface area contributed by atoms with Gasteiger partial charge in [-0.15, -0.1) is 0 Å². The number of ether oxygens (including phenoxy) is 2. The summed E-state index contributed by atoms with van der Waals surface area (Å²) in [7, 11) is 4.31. The fourth-order valence-corrected chi connectivity index (χ4v) is 6.48. The third kappa shape index (κ3) is 25.5. The van der Waals surface area contributed by atoms with Gasteiger partial charge in [0, 0.05) is 19.4 Å². The van der Waals surface area contributed by atoms with Crippen molar-refractivity contribution in [3.8, 4) is 0 Å². The first-order valence-electron chi connectivity index (χ1n) is 19.9. The summed E-state index contributed by atoms with van der Waals surface area (Å²) in [5.41, 5.74) is 0. The monoisotopic (exact) mass is 618 g/mol. The van der Waals surface area contributed by atoms with E-state index in [1.807, 2.05) is 0 Å². The number of hydrogen-bond acceptors (Lipinski definition) is 3. The highest BCUT2D eigenvalue weighted by molar-refractivity contribution is 4.83. The second kappa shape index (κ2) is 31.0. The molecule has 0 aliphatic carbocycles. The normalized spacial score (nSPS) is 19.0. The molecule has 0 N–H and O–H groups in total. The lowest BCUT2D eigenvalue weighted by molar-refractivity contribution is -0.180. The van der Waals surface area contributed by atoms with E-state index in [2.05, 4.69) is 57.1 Å². The van der Waals surface area contributed by atoms with Gasteiger partial charge in [-0.25, -0.2) is 0 Å². The van der Waals surface area contributed by atoms with Gasteiger partial charge in [0.05, 0.1) is 12.7 Å². The maximum absolute atomic E-state index is 6.67. The molecular weight excluding hydrogens is 538 g/mol. The van der Waals surface area contributed by atoms with Crippen molar-refractivity contribution in [1.82, 2.24) is 4.90 Å². The largest absolute Gasteiger partial charge is 0.347 e. The Labute approximate surface area is 277 Å². The van der Waals surface area contributed by atoms with Crippen LogP contribution in [0.2, 0.25) is 0 Å². The second-order valence-corrected chi connectivity index (χ2v) is 14.2. The molecule has 1 aliphatic rings. The van der Waals surface area contributed by atoms with Crippen molar-refractivity contribution >= 4 is 0 Å². The van der Waals surface area contributed by atoms with Gasteiger partial charge in [0.2, 0.25) is 0 Å². The van der Waals surface area contributed by atoms with Crippen molar-refractivity contribution < 1.29 is 9.47 Å². The molecule has 0 aromatic carbocycles. The minimum absolute atomic E-state index is 0.267. The van der Waals surface area contributed by atoms with E-state index in [4.69, 9.17) is 9.47 Å². The molecule has 1 fully saturated rings. The fraction of sp³-hybridized carbons (Fsp3) is 0.902. The van der Waals surface area contributed by atoms with Crippen LogP contribution in [-0.2, 0) is 9.47 Å². The van der Waals surface area contributed by atoms with Gasteiger partial charge in [-0.3, -0.25) is 0 Å². The molecule has 3 nitrogen and oxygen atoms in total. The number of hydrogen-bond donors (Lipinski definition) is 0. The zero-order valence-electron chi connectivity index (χ0n) is 30.6. The van der Waals surface area contributed by atoms with Crippen LogP contribution < -0.4 is 0 Å². The van der Waals surface area contributed by atoms with Crippen molar-refractivity contribution in [3.05, 3.63) is 24.3 Å². The first kappa shape index (κ1) is 41.4. The second-order valence-electron chi connectivity index (χ2n) is 14.2. The van der Waals surface area contributed by atoms with Crippen LogP contribution in [0.4, 0.5) is 0 Å². The lowest BCUT2D eigenvalue weighted by Crippen LogP contribution is -2.31. The van der Waals surface area contributed by atoms with Gasteiger partial charge < -0.3 is 14.4 Å². The molecule has 1 heterocycles. The molecule has 0 aromatic rings. The number of nitrogens with zero attached hydrogens (tertiary/aromatic N) is 1. The summed E-state index contributed by atoms with van der Waals surface area (Å²) in [5, 5.41) is 0. The van der Waals surface area contributed by atoms with Gasteiger partial charge in [-0.05, 0) is 84.7 Å². The van der Waals surface area contributed by atoms with E-state index < -0.39 is 0 Å². The van der Waals surface area contributed by atoms with Crippen LogP contribution in [-0.4, -0.2) is 44.0 Å². The Hall–Kier alpha value is -0.640. The van der Waals surface area contributed by atoms with Crippen LogP contribution in [0.25, 0.3) is 0 Å². The molecule has 260 valence electrons. The van der Waals surface area contributed by atoms with Crippen LogP contribution >= 0.6 is 0 Å². The van der Waals surface area contributed by atoms with Gasteiger partial charge in [0.25, 0.3) is 0 Å². The minimum atomic E-state index is -0.310. The molecule has 1 unspecified atom stereocenters. The Kier molecular flexibility index (Phi) is 29.1. The predicted octanol–water partition coefficient (Wildman–Crippen LogP) is 13.1. The highest BCUT2D eigenvalue weighted by Crippen LogP contribution is 2.35.